The van der Waals surface area contributed by atoms with Gasteiger partial charge in [-0.25, -0.2) is 4.98 Å². The van der Waals surface area contributed by atoms with Gasteiger partial charge in [-0.2, -0.15) is 0 Å². The van der Waals surface area contributed by atoms with Gasteiger partial charge in [-0.1, -0.05) is 59.9 Å². The van der Waals surface area contributed by atoms with Gasteiger partial charge in [0.25, 0.3) is 5.91 Å². The molecule has 0 N–H and O–H groups in total. The summed E-state index contributed by atoms with van der Waals surface area (Å²) in [6.45, 7) is 1.23. The molecule has 0 aliphatic carbocycles. The highest BCUT2D eigenvalue weighted by Gasteiger charge is 2.27. The molecule has 0 spiro atoms. The first-order chi connectivity index (χ1) is 15.7. The van der Waals surface area contributed by atoms with Gasteiger partial charge in [-0.05, 0) is 48.2 Å². The molecule has 162 valence electrons. The zero-order chi connectivity index (χ0) is 21.9. The highest BCUT2D eigenvalue weighted by molar-refractivity contribution is 7.22. The Hall–Kier alpha value is -3.22. The molecule has 1 atom stereocenters. The van der Waals surface area contributed by atoms with E-state index in [0.29, 0.717) is 23.0 Å². The molecule has 1 aromatic heterocycles. The summed E-state index contributed by atoms with van der Waals surface area (Å²) in [6, 6.07) is 23.8. The Morgan fingerprint density at radius 2 is 1.84 bits per heavy atom. The first kappa shape index (κ1) is 20.7. The lowest BCUT2D eigenvalue weighted by molar-refractivity contribution is 0.0917. The summed E-state index contributed by atoms with van der Waals surface area (Å²) >= 11 is 1.50. The van der Waals surface area contributed by atoms with Gasteiger partial charge in [0.1, 0.15) is 11.3 Å². The van der Waals surface area contributed by atoms with Crippen LogP contribution in [0.1, 0.15) is 23.2 Å². The zero-order valence-electron chi connectivity index (χ0n) is 17.9. The van der Waals surface area contributed by atoms with E-state index in [1.807, 2.05) is 60.7 Å². The van der Waals surface area contributed by atoms with Gasteiger partial charge in [-0.15, -0.1) is 0 Å². The smallest absolute Gasteiger partial charge is 0.260 e. The summed E-state index contributed by atoms with van der Waals surface area (Å²) in [7, 11) is 1.64. The van der Waals surface area contributed by atoms with Crippen LogP contribution < -0.4 is 9.64 Å². The number of ether oxygens (including phenoxy) is 2. The maximum absolute atomic E-state index is 13.6. The number of thiazole rings is 1. The van der Waals surface area contributed by atoms with Gasteiger partial charge >= 0.3 is 0 Å². The van der Waals surface area contributed by atoms with Gasteiger partial charge in [0.15, 0.2) is 5.13 Å². The highest BCUT2D eigenvalue weighted by atomic mass is 32.1. The molecule has 32 heavy (non-hydrogen) atoms. The van der Waals surface area contributed by atoms with Gasteiger partial charge in [0.2, 0.25) is 0 Å². The van der Waals surface area contributed by atoms with E-state index in [-0.39, 0.29) is 12.0 Å². The number of amides is 1. The Morgan fingerprint density at radius 3 is 2.56 bits per heavy atom. The molecular formula is C26H24N2O3S. The second-order valence-electron chi connectivity index (χ2n) is 7.80. The molecule has 0 saturated carbocycles. The number of para-hydroxylation sites is 1. The third-order valence-electron chi connectivity index (χ3n) is 5.72. The summed E-state index contributed by atoms with van der Waals surface area (Å²) in [5.41, 5.74) is 3.62. The van der Waals surface area contributed by atoms with E-state index in [1.165, 1.54) is 11.3 Å². The molecule has 3 aromatic carbocycles. The monoisotopic (exact) mass is 444 g/mol. The first-order valence-corrected chi connectivity index (χ1v) is 11.6. The predicted molar refractivity (Wildman–Crippen MR) is 129 cm³/mol. The molecule has 1 unspecified atom stereocenters. The van der Waals surface area contributed by atoms with Crippen LogP contribution in [-0.2, 0) is 4.74 Å². The van der Waals surface area contributed by atoms with Crippen molar-refractivity contribution in [2.24, 2.45) is 0 Å². The molecular weight excluding hydrogens is 420 g/mol. The van der Waals surface area contributed by atoms with Crippen LogP contribution in [0.5, 0.6) is 5.75 Å². The largest absolute Gasteiger partial charge is 0.494 e. The Bertz CT molecular complexity index is 1220. The summed E-state index contributed by atoms with van der Waals surface area (Å²) in [5.74, 6) is 0.639. The van der Waals surface area contributed by atoms with Crippen molar-refractivity contribution in [3.63, 3.8) is 0 Å². The second kappa shape index (κ2) is 9.10. The van der Waals surface area contributed by atoms with Crippen LogP contribution in [-0.4, -0.2) is 37.3 Å². The van der Waals surface area contributed by atoms with Crippen LogP contribution in [0, 0.1) is 0 Å². The van der Waals surface area contributed by atoms with Crippen LogP contribution >= 0.6 is 11.3 Å². The lowest BCUT2D eigenvalue weighted by Crippen LogP contribution is -2.37. The second-order valence-corrected chi connectivity index (χ2v) is 8.81. The summed E-state index contributed by atoms with van der Waals surface area (Å²) in [5, 5.41) is 0.664. The van der Waals surface area contributed by atoms with Crippen molar-refractivity contribution in [2.75, 3.05) is 25.2 Å². The minimum Gasteiger partial charge on any atom is -0.494 e. The standard InChI is InChI=1S/C26H24N2O3S/c1-30-22-10-5-11-23-24(22)27-26(32-23)28(17-21-9-6-16-31-21)25(29)20-14-12-19(13-15-20)18-7-3-2-4-8-18/h2-5,7-8,10-15,21H,6,9,16-17H2,1H3. The van der Waals surface area contributed by atoms with Crippen LogP contribution in [0.25, 0.3) is 21.3 Å². The third-order valence-corrected chi connectivity index (χ3v) is 6.76. The molecule has 0 bridgehead atoms. The number of benzene rings is 3. The molecule has 6 heteroatoms. The highest BCUT2D eigenvalue weighted by Crippen LogP contribution is 2.35. The predicted octanol–water partition coefficient (Wildman–Crippen LogP) is 5.80. The maximum atomic E-state index is 13.6. The number of anilines is 1. The third kappa shape index (κ3) is 4.11. The topological polar surface area (TPSA) is 51.7 Å². The van der Waals surface area contributed by atoms with E-state index in [2.05, 4.69) is 12.1 Å². The zero-order valence-corrected chi connectivity index (χ0v) is 18.7. The van der Waals surface area contributed by atoms with Crippen molar-refractivity contribution in [3.8, 4) is 16.9 Å². The fourth-order valence-corrected chi connectivity index (χ4v) is 5.01. The van der Waals surface area contributed by atoms with Crippen molar-refractivity contribution >= 4 is 32.6 Å². The fraction of sp³-hybridized carbons (Fsp3) is 0.231. The normalized spacial score (nSPS) is 15.7. The number of hydrogen-bond acceptors (Lipinski definition) is 5. The Kier molecular flexibility index (Phi) is 5.88. The van der Waals surface area contributed by atoms with E-state index in [9.17, 15) is 4.79 Å². The van der Waals surface area contributed by atoms with E-state index < -0.39 is 0 Å². The molecule has 5 rings (SSSR count). The molecule has 1 amide bonds. The number of fused-ring (bicyclic) bond motifs is 1. The maximum Gasteiger partial charge on any atom is 0.260 e. The molecule has 2 heterocycles. The molecule has 1 saturated heterocycles. The van der Waals surface area contributed by atoms with E-state index in [4.69, 9.17) is 14.5 Å². The van der Waals surface area contributed by atoms with E-state index in [1.54, 1.807) is 12.0 Å². The molecule has 1 aliphatic heterocycles. The number of rotatable bonds is 6. The summed E-state index contributed by atoms with van der Waals surface area (Å²) in [4.78, 5) is 20.2. The van der Waals surface area contributed by atoms with E-state index >= 15 is 0 Å². The Balaban J connectivity index is 1.48. The average molecular weight is 445 g/mol. The Morgan fingerprint density at radius 1 is 1.06 bits per heavy atom. The number of methoxy groups -OCH3 is 1. The quantitative estimate of drug-likeness (QED) is 0.377. The molecule has 1 fully saturated rings. The SMILES string of the molecule is COc1cccc2sc(N(CC3CCCO3)C(=O)c3ccc(-c4ccccc4)cc3)nc12. The van der Waals surface area contributed by atoms with Crippen molar-refractivity contribution in [3.05, 3.63) is 78.4 Å². The molecule has 0 radical (unpaired) electrons. The van der Waals surface area contributed by atoms with Crippen LogP contribution in [0.4, 0.5) is 5.13 Å². The average Bonchev–Trinajstić information content (AvgIpc) is 3.52. The number of hydrogen-bond donors (Lipinski definition) is 0. The Labute approximate surface area is 191 Å². The van der Waals surface area contributed by atoms with E-state index in [0.717, 1.165) is 40.8 Å². The number of carbonyl (C=O) groups is 1. The number of nitrogens with zero attached hydrogens (tertiary/aromatic N) is 2. The van der Waals surface area contributed by atoms with Crippen molar-refractivity contribution in [2.45, 2.75) is 18.9 Å². The lowest BCUT2D eigenvalue weighted by Gasteiger charge is -2.23. The van der Waals surface area contributed by atoms with Crippen LogP contribution in [0.3, 0.4) is 0 Å². The van der Waals surface area contributed by atoms with Crippen molar-refractivity contribution < 1.29 is 14.3 Å². The lowest BCUT2D eigenvalue weighted by atomic mass is 10.0. The molecule has 1 aliphatic rings. The molecule has 5 nitrogen and oxygen atoms in total. The van der Waals surface area contributed by atoms with Gasteiger partial charge < -0.3 is 9.47 Å². The van der Waals surface area contributed by atoms with Crippen LogP contribution in [0.2, 0.25) is 0 Å². The van der Waals surface area contributed by atoms with Gasteiger partial charge in [-0.3, -0.25) is 9.69 Å². The molecule has 4 aromatic rings. The number of carbonyl (C=O) groups excluding carboxylic acids is 1. The van der Waals surface area contributed by atoms with Gasteiger partial charge in [0.05, 0.1) is 24.5 Å². The number of aromatic nitrogens is 1. The fourth-order valence-electron chi connectivity index (χ4n) is 4.02. The minimum absolute atomic E-state index is 0.0245. The first-order valence-electron chi connectivity index (χ1n) is 10.8. The van der Waals surface area contributed by atoms with Crippen molar-refractivity contribution in [1.82, 2.24) is 4.98 Å². The van der Waals surface area contributed by atoms with Crippen LogP contribution in [0.15, 0.2) is 72.8 Å². The summed E-state index contributed by atoms with van der Waals surface area (Å²) in [6.07, 6.45) is 1.99. The van der Waals surface area contributed by atoms with Gasteiger partial charge in [0, 0.05) is 12.2 Å². The minimum atomic E-state index is -0.0712. The summed E-state index contributed by atoms with van der Waals surface area (Å²) < 4.78 is 12.3. The van der Waals surface area contributed by atoms with Crippen molar-refractivity contribution in [1.29, 1.82) is 0 Å².